The average molecular weight is 197 g/mol. The van der Waals surface area contributed by atoms with Crippen LogP contribution in [0.5, 0.6) is 0 Å². The molecule has 1 aromatic rings. The summed E-state index contributed by atoms with van der Waals surface area (Å²) in [6.07, 6.45) is 2.51. The Morgan fingerprint density at radius 3 is 3.00 bits per heavy atom. The van der Waals surface area contributed by atoms with Gasteiger partial charge in [-0.3, -0.25) is 0 Å². The van der Waals surface area contributed by atoms with E-state index >= 15 is 0 Å². The molecule has 0 amide bonds. The maximum absolute atomic E-state index is 4.57. The summed E-state index contributed by atoms with van der Waals surface area (Å²) in [4.78, 5) is 6.63. The highest BCUT2D eigenvalue weighted by Crippen LogP contribution is 2.27. The van der Waals surface area contributed by atoms with Crippen LogP contribution in [0.25, 0.3) is 0 Å². The Labute approximate surface area is 82.8 Å². The van der Waals surface area contributed by atoms with Crippen LogP contribution in [0.15, 0.2) is 5.38 Å². The molecule has 0 aromatic carbocycles. The largest absolute Gasteiger partial charge is 0.354 e. The van der Waals surface area contributed by atoms with Crippen molar-refractivity contribution in [1.29, 1.82) is 0 Å². The van der Waals surface area contributed by atoms with Gasteiger partial charge in [0.25, 0.3) is 0 Å². The molecule has 3 nitrogen and oxygen atoms in total. The number of thiazole rings is 1. The molecule has 1 saturated heterocycles. The molecule has 1 aliphatic heterocycles. The van der Waals surface area contributed by atoms with E-state index in [0.29, 0.717) is 6.04 Å². The van der Waals surface area contributed by atoms with E-state index in [-0.39, 0.29) is 0 Å². The molecule has 2 rings (SSSR count). The van der Waals surface area contributed by atoms with Crippen LogP contribution in [0.2, 0.25) is 0 Å². The van der Waals surface area contributed by atoms with Crippen LogP contribution in [0.3, 0.4) is 0 Å². The fraction of sp³-hybridized carbons (Fsp3) is 0.667. The van der Waals surface area contributed by atoms with E-state index < -0.39 is 0 Å². The molecule has 1 aliphatic rings. The zero-order chi connectivity index (χ0) is 9.26. The van der Waals surface area contributed by atoms with Gasteiger partial charge in [0.2, 0.25) is 0 Å². The summed E-state index contributed by atoms with van der Waals surface area (Å²) < 4.78 is 0. The van der Waals surface area contributed by atoms with Crippen LogP contribution in [-0.2, 0) is 0 Å². The normalized spacial score (nSPS) is 22.2. The van der Waals surface area contributed by atoms with Gasteiger partial charge < -0.3 is 10.2 Å². The molecule has 0 saturated carbocycles. The third-order valence-corrected chi connectivity index (χ3v) is 3.34. The van der Waals surface area contributed by atoms with Crippen LogP contribution in [0.1, 0.15) is 24.6 Å². The van der Waals surface area contributed by atoms with Gasteiger partial charge in [0, 0.05) is 19.5 Å². The van der Waals surface area contributed by atoms with Crippen molar-refractivity contribution >= 4 is 16.5 Å². The van der Waals surface area contributed by atoms with Gasteiger partial charge in [-0.25, -0.2) is 4.98 Å². The Morgan fingerprint density at radius 2 is 2.46 bits per heavy atom. The molecular weight excluding hydrogens is 182 g/mol. The van der Waals surface area contributed by atoms with Gasteiger partial charge in [-0.05, 0) is 19.4 Å². The van der Waals surface area contributed by atoms with E-state index in [9.17, 15) is 0 Å². The molecule has 0 unspecified atom stereocenters. The molecule has 1 fully saturated rings. The summed E-state index contributed by atoms with van der Waals surface area (Å²) in [5.74, 6) is 0. The van der Waals surface area contributed by atoms with Gasteiger partial charge in [0.1, 0.15) is 0 Å². The van der Waals surface area contributed by atoms with Crippen LogP contribution < -0.4 is 10.2 Å². The second-order valence-electron chi connectivity index (χ2n) is 3.60. The summed E-state index contributed by atoms with van der Waals surface area (Å²) in [6.45, 7) is 1.14. The van der Waals surface area contributed by atoms with Crippen molar-refractivity contribution in [3.63, 3.8) is 0 Å². The first kappa shape index (κ1) is 8.97. The van der Waals surface area contributed by atoms with Crippen molar-refractivity contribution in [2.45, 2.75) is 18.9 Å². The molecule has 4 heteroatoms. The molecule has 2 heterocycles. The predicted molar refractivity (Wildman–Crippen MR) is 56.4 cm³/mol. The van der Waals surface area contributed by atoms with Crippen LogP contribution in [-0.4, -0.2) is 25.6 Å². The van der Waals surface area contributed by atoms with Gasteiger partial charge in [-0.2, -0.15) is 0 Å². The first-order valence-electron chi connectivity index (χ1n) is 4.63. The zero-order valence-corrected chi connectivity index (χ0v) is 8.90. The monoisotopic (exact) mass is 197 g/mol. The van der Waals surface area contributed by atoms with E-state index in [1.54, 1.807) is 11.3 Å². The molecule has 0 spiro atoms. The zero-order valence-electron chi connectivity index (χ0n) is 8.08. The maximum atomic E-state index is 4.57. The van der Waals surface area contributed by atoms with Gasteiger partial charge in [0.05, 0.1) is 11.7 Å². The highest BCUT2D eigenvalue weighted by Gasteiger charge is 2.18. The summed E-state index contributed by atoms with van der Waals surface area (Å²) in [7, 11) is 4.06. The number of aromatic nitrogens is 1. The Bertz CT molecular complexity index is 276. The minimum Gasteiger partial charge on any atom is -0.354 e. The van der Waals surface area contributed by atoms with E-state index in [1.165, 1.54) is 18.5 Å². The number of nitrogens with one attached hydrogen (secondary N) is 1. The third kappa shape index (κ3) is 1.84. The smallest absolute Gasteiger partial charge is 0.185 e. The minimum atomic E-state index is 0.505. The quantitative estimate of drug-likeness (QED) is 0.781. The lowest BCUT2D eigenvalue weighted by atomic mass is 10.2. The van der Waals surface area contributed by atoms with Gasteiger partial charge in [-0.1, -0.05) is 0 Å². The molecule has 0 bridgehead atoms. The van der Waals surface area contributed by atoms with Crippen LogP contribution in [0.4, 0.5) is 5.13 Å². The lowest BCUT2D eigenvalue weighted by Crippen LogP contribution is -2.14. The maximum Gasteiger partial charge on any atom is 0.185 e. The first-order valence-corrected chi connectivity index (χ1v) is 5.51. The number of hydrogen-bond donors (Lipinski definition) is 1. The Kier molecular flexibility index (Phi) is 2.51. The molecule has 13 heavy (non-hydrogen) atoms. The molecule has 72 valence electrons. The minimum absolute atomic E-state index is 0.505. The van der Waals surface area contributed by atoms with E-state index in [0.717, 1.165) is 11.7 Å². The molecule has 0 radical (unpaired) electrons. The van der Waals surface area contributed by atoms with Gasteiger partial charge in [0.15, 0.2) is 5.13 Å². The Hall–Kier alpha value is -0.610. The number of nitrogens with zero attached hydrogens (tertiary/aromatic N) is 2. The molecular formula is C9H15N3S. The molecule has 0 aliphatic carbocycles. The van der Waals surface area contributed by atoms with Crippen molar-refractivity contribution in [3.8, 4) is 0 Å². The van der Waals surface area contributed by atoms with Crippen molar-refractivity contribution in [2.24, 2.45) is 0 Å². The third-order valence-electron chi connectivity index (χ3n) is 2.31. The highest BCUT2D eigenvalue weighted by molar-refractivity contribution is 7.13. The van der Waals surface area contributed by atoms with Crippen molar-refractivity contribution in [1.82, 2.24) is 10.3 Å². The van der Waals surface area contributed by atoms with Gasteiger partial charge >= 0.3 is 0 Å². The summed E-state index contributed by atoms with van der Waals surface area (Å²) in [5, 5.41) is 6.72. The number of hydrogen-bond acceptors (Lipinski definition) is 4. The van der Waals surface area contributed by atoms with Crippen molar-refractivity contribution in [2.75, 3.05) is 25.5 Å². The second-order valence-corrected chi connectivity index (χ2v) is 4.43. The van der Waals surface area contributed by atoms with E-state index in [1.807, 2.05) is 14.1 Å². The predicted octanol–water partition coefficient (Wildman–Crippen LogP) is 1.63. The second kappa shape index (κ2) is 3.64. The Morgan fingerprint density at radius 1 is 1.62 bits per heavy atom. The first-order chi connectivity index (χ1) is 6.27. The highest BCUT2D eigenvalue weighted by atomic mass is 32.1. The van der Waals surface area contributed by atoms with Crippen LogP contribution in [0, 0.1) is 0 Å². The SMILES string of the molecule is CN(C)c1nc([C@@H]2CCCN2)cs1. The number of anilines is 1. The lowest BCUT2D eigenvalue weighted by molar-refractivity contribution is 0.632. The molecule has 1 N–H and O–H groups in total. The average Bonchev–Trinajstić information content (AvgIpc) is 2.75. The fourth-order valence-corrected chi connectivity index (χ4v) is 2.39. The Balaban J connectivity index is 2.12. The van der Waals surface area contributed by atoms with Crippen molar-refractivity contribution < 1.29 is 0 Å². The standard InChI is InChI=1S/C9H15N3S/c1-12(2)9-11-8(6-13-9)7-4-3-5-10-7/h6-7,10H,3-5H2,1-2H3/t7-/m0/s1. The van der Waals surface area contributed by atoms with Crippen LogP contribution >= 0.6 is 11.3 Å². The fourth-order valence-electron chi connectivity index (χ4n) is 1.58. The van der Waals surface area contributed by atoms with E-state index in [4.69, 9.17) is 0 Å². The topological polar surface area (TPSA) is 28.2 Å². The lowest BCUT2D eigenvalue weighted by Gasteiger charge is -2.07. The number of rotatable bonds is 2. The summed E-state index contributed by atoms with van der Waals surface area (Å²) >= 11 is 1.72. The molecule has 1 atom stereocenters. The van der Waals surface area contributed by atoms with Gasteiger partial charge in [-0.15, -0.1) is 11.3 Å². The summed E-state index contributed by atoms with van der Waals surface area (Å²) in [6, 6.07) is 0.505. The molecule has 1 aromatic heterocycles. The van der Waals surface area contributed by atoms with E-state index in [2.05, 4.69) is 20.6 Å². The summed E-state index contributed by atoms with van der Waals surface area (Å²) in [5.41, 5.74) is 1.21. The van der Waals surface area contributed by atoms with Crippen molar-refractivity contribution in [3.05, 3.63) is 11.1 Å².